The fraction of sp³-hybridized carbons (Fsp3) is 0.615. The van der Waals surface area contributed by atoms with Gasteiger partial charge in [0, 0.05) is 12.2 Å². The quantitative estimate of drug-likeness (QED) is 0.699. The first-order chi connectivity index (χ1) is 7.63. The van der Waals surface area contributed by atoms with Crippen LogP contribution in [0.1, 0.15) is 32.3 Å². The van der Waals surface area contributed by atoms with Gasteiger partial charge < -0.3 is 4.90 Å². The molecule has 0 saturated carbocycles. The third-order valence-electron chi connectivity index (χ3n) is 2.97. The molecule has 1 aromatic rings. The molecule has 2 rings (SSSR count). The van der Waals surface area contributed by atoms with Gasteiger partial charge in [-0.3, -0.25) is 0 Å². The summed E-state index contributed by atoms with van der Waals surface area (Å²) in [5.74, 6) is 0. The highest BCUT2D eigenvalue weighted by Gasteiger charge is 2.16. The summed E-state index contributed by atoms with van der Waals surface area (Å²) in [6.45, 7) is 9.10. The van der Waals surface area contributed by atoms with Crippen molar-refractivity contribution in [3.8, 4) is 0 Å². The van der Waals surface area contributed by atoms with Gasteiger partial charge in [0.2, 0.25) is 0 Å². The van der Waals surface area contributed by atoms with E-state index in [9.17, 15) is 0 Å². The Morgan fingerprint density at radius 1 is 1.50 bits per heavy atom. The van der Waals surface area contributed by atoms with Crippen molar-refractivity contribution in [3.05, 3.63) is 29.0 Å². The van der Waals surface area contributed by atoms with Gasteiger partial charge in [0.05, 0.1) is 0 Å². The molecule has 1 aliphatic rings. The second-order valence-corrected chi connectivity index (χ2v) is 4.67. The van der Waals surface area contributed by atoms with Gasteiger partial charge in [-0.1, -0.05) is 24.6 Å². The lowest BCUT2D eigenvalue weighted by Gasteiger charge is -2.17. The van der Waals surface area contributed by atoms with Crippen LogP contribution < -0.4 is 0 Å². The lowest BCUT2D eigenvalue weighted by Crippen LogP contribution is -2.25. The standard InChI is InChI=1S/C7H15N.C6H6ClN/c1-3-8-6-4-5-7(8)2;1-5-2-3-6(7)8-4-5/h7H,3-6H2,1-2H3;2-4H,1H3. The molecule has 0 aromatic carbocycles. The minimum absolute atomic E-state index is 0.551. The zero-order valence-electron chi connectivity index (χ0n) is 10.4. The van der Waals surface area contributed by atoms with Crippen LogP contribution >= 0.6 is 11.6 Å². The van der Waals surface area contributed by atoms with Crippen molar-refractivity contribution >= 4 is 11.6 Å². The van der Waals surface area contributed by atoms with Gasteiger partial charge >= 0.3 is 0 Å². The van der Waals surface area contributed by atoms with Gasteiger partial charge in [-0.05, 0) is 51.4 Å². The zero-order valence-corrected chi connectivity index (χ0v) is 11.2. The molecule has 0 bridgehead atoms. The number of aromatic nitrogens is 1. The molecule has 0 amide bonds. The summed E-state index contributed by atoms with van der Waals surface area (Å²) in [5.41, 5.74) is 1.13. The van der Waals surface area contributed by atoms with Crippen molar-refractivity contribution in [3.63, 3.8) is 0 Å². The van der Waals surface area contributed by atoms with Gasteiger partial charge in [0.25, 0.3) is 0 Å². The third kappa shape index (κ3) is 4.50. The Labute approximate surface area is 104 Å². The number of pyridine rings is 1. The van der Waals surface area contributed by atoms with Crippen LogP contribution in [0, 0.1) is 6.92 Å². The topological polar surface area (TPSA) is 16.1 Å². The first kappa shape index (κ1) is 13.5. The summed E-state index contributed by atoms with van der Waals surface area (Å²) < 4.78 is 0. The monoisotopic (exact) mass is 240 g/mol. The predicted octanol–water partition coefficient (Wildman–Crippen LogP) is 3.53. The van der Waals surface area contributed by atoms with Crippen LogP contribution in [0.25, 0.3) is 0 Å². The van der Waals surface area contributed by atoms with Crippen LogP contribution in [0.4, 0.5) is 0 Å². The molecule has 2 heterocycles. The second kappa shape index (κ2) is 6.87. The SMILES string of the molecule is CCN1CCCC1C.Cc1ccc(Cl)nc1. The summed E-state index contributed by atoms with van der Waals surface area (Å²) in [6.07, 6.45) is 4.56. The number of nitrogens with zero attached hydrogens (tertiary/aromatic N) is 2. The first-order valence-electron chi connectivity index (χ1n) is 5.95. The molecule has 1 unspecified atom stereocenters. The molecule has 0 spiro atoms. The molecular formula is C13H21ClN2. The van der Waals surface area contributed by atoms with Gasteiger partial charge in [0.15, 0.2) is 0 Å². The number of hydrogen-bond donors (Lipinski definition) is 0. The van der Waals surface area contributed by atoms with Crippen molar-refractivity contribution in [2.24, 2.45) is 0 Å². The van der Waals surface area contributed by atoms with Crippen molar-refractivity contribution < 1.29 is 0 Å². The molecule has 1 atom stereocenters. The van der Waals surface area contributed by atoms with E-state index < -0.39 is 0 Å². The van der Waals surface area contributed by atoms with E-state index in [0.29, 0.717) is 5.15 Å². The highest BCUT2D eigenvalue weighted by Crippen LogP contribution is 2.14. The summed E-state index contributed by atoms with van der Waals surface area (Å²) in [4.78, 5) is 6.37. The molecule has 0 radical (unpaired) electrons. The Hall–Kier alpha value is -0.600. The zero-order chi connectivity index (χ0) is 12.0. The normalized spacial score (nSPS) is 20.4. The second-order valence-electron chi connectivity index (χ2n) is 4.28. The van der Waals surface area contributed by atoms with Crippen molar-refractivity contribution in [1.29, 1.82) is 0 Å². The summed E-state index contributed by atoms with van der Waals surface area (Å²) in [6, 6.07) is 4.56. The molecule has 2 nitrogen and oxygen atoms in total. The van der Waals surface area contributed by atoms with Crippen LogP contribution in [0.2, 0.25) is 5.15 Å². The van der Waals surface area contributed by atoms with Crippen molar-refractivity contribution in [2.75, 3.05) is 13.1 Å². The molecule has 0 N–H and O–H groups in total. The molecule has 90 valence electrons. The molecule has 3 heteroatoms. The van der Waals surface area contributed by atoms with Crippen LogP contribution in [-0.4, -0.2) is 29.0 Å². The maximum Gasteiger partial charge on any atom is 0.129 e. The van der Waals surface area contributed by atoms with E-state index in [4.69, 9.17) is 11.6 Å². The maximum absolute atomic E-state index is 5.50. The highest BCUT2D eigenvalue weighted by atomic mass is 35.5. The van der Waals surface area contributed by atoms with Gasteiger partial charge in [0.1, 0.15) is 5.15 Å². The van der Waals surface area contributed by atoms with Crippen LogP contribution in [0.3, 0.4) is 0 Å². The highest BCUT2D eigenvalue weighted by molar-refractivity contribution is 6.29. The van der Waals surface area contributed by atoms with E-state index in [1.54, 1.807) is 12.3 Å². The van der Waals surface area contributed by atoms with Crippen LogP contribution in [0.5, 0.6) is 0 Å². The predicted molar refractivity (Wildman–Crippen MR) is 69.9 cm³/mol. The fourth-order valence-electron chi connectivity index (χ4n) is 1.91. The lowest BCUT2D eigenvalue weighted by atomic mass is 10.2. The number of aryl methyl sites for hydroxylation is 1. The number of hydrogen-bond acceptors (Lipinski definition) is 2. The largest absolute Gasteiger partial charge is 0.301 e. The van der Waals surface area contributed by atoms with Gasteiger partial charge in [-0.2, -0.15) is 0 Å². The number of rotatable bonds is 1. The van der Waals surface area contributed by atoms with Gasteiger partial charge in [-0.15, -0.1) is 0 Å². The number of halogens is 1. The van der Waals surface area contributed by atoms with Crippen LogP contribution in [0.15, 0.2) is 18.3 Å². The Morgan fingerprint density at radius 2 is 2.25 bits per heavy atom. The molecule has 1 fully saturated rings. The third-order valence-corrected chi connectivity index (χ3v) is 3.20. The van der Waals surface area contributed by atoms with E-state index in [-0.39, 0.29) is 0 Å². The Bertz CT molecular complexity index is 276. The van der Waals surface area contributed by atoms with Crippen molar-refractivity contribution in [2.45, 2.75) is 39.7 Å². The van der Waals surface area contributed by atoms with E-state index in [1.807, 2.05) is 13.0 Å². The van der Waals surface area contributed by atoms with E-state index in [0.717, 1.165) is 11.6 Å². The molecule has 1 aromatic heterocycles. The molecule has 1 saturated heterocycles. The minimum Gasteiger partial charge on any atom is -0.301 e. The van der Waals surface area contributed by atoms with Crippen molar-refractivity contribution in [1.82, 2.24) is 9.88 Å². The summed E-state index contributed by atoms with van der Waals surface area (Å²) in [7, 11) is 0. The minimum atomic E-state index is 0.551. The average molecular weight is 241 g/mol. The average Bonchev–Trinajstić information content (AvgIpc) is 2.69. The van der Waals surface area contributed by atoms with Crippen LogP contribution in [-0.2, 0) is 0 Å². The Morgan fingerprint density at radius 3 is 2.56 bits per heavy atom. The fourth-order valence-corrected chi connectivity index (χ4v) is 2.02. The van der Waals surface area contributed by atoms with E-state index >= 15 is 0 Å². The maximum atomic E-state index is 5.50. The van der Waals surface area contributed by atoms with E-state index in [2.05, 4.69) is 23.7 Å². The first-order valence-corrected chi connectivity index (χ1v) is 6.33. The Balaban J connectivity index is 0.000000160. The molecule has 16 heavy (non-hydrogen) atoms. The van der Waals surface area contributed by atoms with Gasteiger partial charge in [-0.25, -0.2) is 4.98 Å². The lowest BCUT2D eigenvalue weighted by molar-refractivity contribution is 0.284. The molecular weight excluding hydrogens is 220 g/mol. The Kier molecular flexibility index (Phi) is 5.78. The molecule has 0 aliphatic carbocycles. The molecule has 1 aliphatic heterocycles. The summed E-state index contributed by atoms with van der Waals surface area (Å²) in [5, 5.41) is 0.551. The smallest absolute Gasteiger partial charge is 0.129 e. The van der Waals surface area contributed by atoms with E-state index in [1.165, 1.54) is 25.9 Å². The summed E-state index contributed by atoms with van der Waals surface area (Å²) >= 11 is 5.50. The number of likely N-dealkylation sites (tertiary alicyclic amines) is 1.